The van der Waals surface area contributed by atoms with Crippen LogP contribution in [-0.2, 0) is 23.9 Å². The van der Waals surface area contributed by atoms with Crippen molar-refractivity contribution in [1.29, 1.82) is 0 Å². The van der Waals surface area contributed by atoms with Gasteiger partial charge in [0.05, 0.1) is 23.1 Å². The molecule has 0 aliphatic heterocycles. The first-order valence-corrected chi connectivity index (χ1v) is 14.1. The molecule has 4 aromatic carbocycles. The number of ether oxygens (including phenoxy) is 1. The number of carbonyl (C=O) groups is 1. The summed E-state index contributed by atoms with van der Waals surface area (Å²) in [7, 11) is 0. The van der Waals surface area contributed by atoms with Gasteiger partial charge >= 0.3 is 12.1 Å². The minimum Gasteiger partial charge on any atom is -0.491 e. The smallest absolute Gasteiger partial charge is 0.417 e. The van der Waals surface area contributed by atoms with Gasteiger partial charge in [0, 0.05) is 25.6 Å². The van der Waals surface area contributed by atoms with Crippen molar-refractivity contribution in [2.75, 3.05) is 13.1 Å². The zero-order valence-corrected chi connectivity index (χ0v) is 25.2. The first-order chi connectivity index (χ1) is 20.1. The van der Waals surface area contributed by atoms with Gasteiger partial charge in [-0.15, -0.1) is 12.4 Å². The van der Waals surface area contributed by atoms with Crippen molar-refractivity contribution in [2.45, 2.75) is 44.5 Å². The van der Waals surface area contributed by atoms with Gasteiger partial charge in [-0.2, -0.15) is 13.2 Å². The van der Waals surface area contributed by atoms with Crippen LogP contribution in [0.4, 0.5) is 13.2 Å². The van der Waals surface area contributed by atoms with E-state index in [1.165, 1.54) is 6.07 Å². The van der Waals surface area contributed by atoms with E-state index in [4.69, 9.17) is 21.4 Å². The number of rotatable bonds is 13. The number of alkyl halides is 3. The van der Waals surface area contributed by atoms with E-state index in [9.17, 15) is 18.0 Å². The summed E-state index contributed by atoms with van der Waals surface area (Å²) < 4.78 is 47.0. The summed E-state index contributed by atoms with van der Waals surface area (Å²) in [6.07, 6.45) is -4.31. The molecule has 0 unspecified atom stereocenters. The van der Waals surface area contributed by atoms with Gasteiger partial charge in [-0.25, -0.2) is 0 Å². The zero-order valence-electron chi connectivity index (χ0n) is 23.6. The molecule has 0 spiro atoms. The molecular formula is C34H34Cl2F3NO3. The molecule has 0 aliphatic rings. The highest BCUT2D eigenvalue weighted by Gasteiger charge is 2.34. The van der Waals surface area contributed by atoms with Crippen molar-refractivity contribution in [3.63, 3.8) is 0 Å². The highest BCUT2D eigenvalue weighted by Crippen LogP contribution is 2.37. The van der Waals surface area contributed by atoms with Gasteiger partial charge in [-0.3, -0.25) is 9.69 Å². The van der Waals surface area contributed by atoms with Gasteiger partial charge < -0.3 is 9.84 Å². The van der Waals surface area contributed by atoms with Crippen LogP contribution in [-0.4, -0.2) is 35.2 Å². The van der Waals surface area contributed by atoms with Crippen LogP contribution in [0.25, 0.3) is 0 Å². The van der Waals surface area contributed by atoms with Crippen molar-refractivity contribution in [3.05, 3.63) is 136 Å². The summed E-state index contributed by atoms with van der Waals surface area (Å²) in [5, 5.41) is 8.82. The third-order valence-electron chi connectivity index (χ3n) is 7.07. The topological polar surface area (TPSA) is 49.8 Å². The number of halogens is 5. The van der Waals surface area contributed by atoms with Crippen LogP contribution in [0.15, 0.2) is 103 Å². The first kappa shape index (κ1) is 34.0. The summed E-state index contributed by atoms with van der Waals surface area (Å²) in [5.74, 6) is -0.378. The van der Waals surface area contributed by atoms with Crippen LogP contribution in [0, 0.1) is 0 Å². The molecule has 43 heavy (non-hydrogen) atoms. The average molecular weight is 633 g/mol. The predicted octanol–water partition coefficient (Wildman–Crippen LogP) is 8.90. The Labute approximate surface area is 261 Å². The molecule has 1 atom stereocenters. The van der Waals surface area contributed by atoms with E-state index in [0.29, 0.717) is 36.4 Å². The highest BCUT2D eigenvalue weighted by atomic mass is 35.5. The molecule has 9 heteroatoms. The fraction of sp³-hybridized carbons (Fsp3) is 0.265. The van der Waals surface area contributed by atoms with E-state index in [1.807, 2.05) is 43.3 Å². The Morgan fingerprint density at radius 2 is 1.51 bits per heavy atom. The van der Waals surface area contributed by atoms with E-state index in [0.717, 1.165) is 17.2 Å². The van der Waals surface area contributed by atoms with E-state index in [-0.39, 0.29) is 42.4 Å². The molecule has 4 aromatic rings. The van der Waals surface area contributed by atoms with E-state index in [1.54, 1.807) is 30.3 Å². The Balaban J connectivity index is 0.00000506. The molecule has 0 saturated carbocycles. The molecule has 4 nitrogen and oxygen atoms in total. The van der Waals surface area contributed by atoms with Gasteiger partial charge in [0.1, 0.15) is 5.75 Å². The molecule has 228 valence electrons. The molecule has 0 amide bonds. The number of carboxylic acids is 1. The monoisotopic (exact) mass is 631 g/mol. The van der Waals surface area contributed by atoms with Crippen molar-refractivity contribution >= 4 is 30.0 Å². The number of nitrogens with zero attached hydrogens (tertiary/aromatic N) is 1. The SMILES string of the molecule is C[C@H](CCN(Cc1cccc(C(F)(F)F)c1Cl)CC(c1ccccc1)c1ccccc1)Oc1cccc(CC(=O)O)c1.Cl. The fourth-order valence-corrected chi connectivity index (χ4v) is 5.28. The predicted molar refractivity (Wildman–Crippen MR) is 166 cm³/mol. The Bertz CT molecular complexity index is 1410. The standard InChI is InChI=1S/C34H33ClF3NO3.ClH/c1-24(42-29-16-8-10-25(20-29)21-32(40)41)18-19-39(22-28-15-9-17-31(33(28)35)34(36,37)38)23-30(26-11-4-2-5-12-26)27-13-6-3-7-14-27;/h2-17,20,24,30H,18-19,21-23H2,1H3,(H,40,41);1H/t24-;/m1./s1. The molecule has 0 saturated heterocycles. The lowest BCUT2D eigenvalue weighted by Gasteiger charge is -2.30. The molecule has 1 N–H and O–H groups in total. The lowest BCUT2D eigenvalue weighted by molar-refractivity contribution is -0.138. The minimum absolute atomic E-state index is 0. The Morgan fingerprint density at radius 1 is 0.907 bits per heavy atom. The van der Waals surface area contributed by atoms with Crippen molar-refractivity contribution in [2.24, 2.45) is 0 Å². The lowest BCUT2D eigenvalue weighted by Crippen LogP contribution is -2.32. The van der Waals surface area contributed by atoms with Crippen molar-refractivity contribution in [1.82, 2.24) is 4.90 Å². The maximum Gasteiger partial charge on any atom is 0.417 e. The van der Waals surface area contributed by atoms with Crippen LogP contribution in [0.3, 0.4) is 0 Å². The number of hydrogen-bond acceptors (Lipinski definition) is 3. The zero-order chi connectivity index (χ0) is 30.1. The van der Waals surface area contributed by atoms with Crippen LogP contribution in [0.1, 0.15) is 47.1 Å². The second kappa shape index (κ2) is 15.8. The maximum absolute atomic E-state index is 13.6. The van der Waals surface area contributed by atoms with E-state index < -0.39 is 17.7 Å². The van der Waals surface area contributed by atoms with E-state index >= 15 is 0 Å². The van der Waals surface area contributed by atoms with Gasteiger partial charge in [0.2, 0.25) is 0 Å². The summed E-state index contributed by atoms with van der Waals surface area (Å²) >= 11 is 6.32. The minimum atomic E-state index is -4.55. The average Bonchev–Trinajstić information content (AvgIpc) is 2.95. The number of benzene rings is 4. The summed E-state index contributed by atoms with van der Waals surface area (Å²) in [5.41, 5.74) is 2.40. The second-order valence-electron chi connectivity index (χ2n) is 10.3. The number of hydrogen-bond donors (Lipinski definition) is 1. The molecule has 0 aliphatic carbocycles. The fourth-order valence-electron chi connectivity index (χ4n) is 4.99. The number of carboxylic acid groups (broad SMARTS) is 1. The second-order valence-corrected chi connectivity index (χ2v) is 10.7. The van der Waals surface area contributed by atoms with Crippen LogP contribution >= 0.6 is 24.0 Å². The highest BCUT2D eigenvalue weighted by molar-refractivity contribution is 6.32. The molecule has 0 aromatic heterocycles. The quantitative estimate of drug-likeness (QED) is 0.160. The number of aliphatic carboxylic acids is 1. The van der Waals surface area contributed by atoms with Crippen LogP contribution < -0.4 is 4.74 Å². The Hall–Kier alpha value is -3.52. The van der Waals surface area contributed by atoms with E-state index in [2.05, 4.69) is 29.2 Å². The van der Waals surface area contributed by atoms with Gasteiger partial charge in [-0.05, 0) is 53.8 Å². The van der Waals surface area contributed by atoms with Gasteiger partial charge in [0.25, 0.3) is 0 Å². The third kappa shape index (κ3) is 10.0. The normalized spacial score (nSPS) is 12.2. The summed E-state index contributed by atoms with van der Waals surface area (Å²) in [6.45, 7) is 3.21. The van der Waals surface area contributed by atoms with Crippen molar-refractivity contribution in [3.8, 4) is 5.75 Å². The van der Waals surface area contributed by atoms with Gasteiger partial charge in [0.15, 0.2) is 0 Å². The van der Waals surface area contributed by atoms with Crippen LogP contribution in [0.2, 0.25) is 5.02 Å². The molecule has 0 radical (unpaired) electrons. The summed E-state index contributed by atoms with van der Waals surface area (Å²) in [4.78, 5) is 13.2. The Kier molecular flexibility index (Phi) is 12.5. The summed E-state index contributed by atoms with van der Waals surface area (Å²) in [6, 6.07) is 31.1. The Morgan fingerprint density at radius 3 is 2.09 bits per heavy atom. The molecule has 0 bridgehead atoms. The lowest BCUT2D eigenvalue weighted by atomic mass is 9.90. The first-order valence-electron chi connectivity index (χ1n) is 13.7. The molecule has 4 rings (SSSR count). The van der Waals surface area contributed by atoms with Crippen LogP contribution in [0.5, 0.6) is 5.75 Å². The largest absolute Gasteiger partial charge is 0.491 e. The maximum atomic E-state index is 13.6. The molecular weight excluding hydrogens is 598 g/mol. The van der Waals surface area contributed by atoms with Gasteiger partial charge in [-0.1, -0.05) is 96.5 Å². The van der Waals surface area contributed by atoms with Crippen molar-refractivity contribution < 1.29 is 27.8 Å². The molecule has 0 heterocycles. The third-order valence-corrected chi connectivity index (χ3v) is 7.51. The molecule has 0 fully saturated rings.